The fraction of sp³-hybridized carbons (Fsp3) is 0.429. The van der Waals surface area contributed by atoms with E-state index in [2.05, 4.69) is 63.9 Å². The molecular formula is C7H10I2. The van der Waals surface area contributed by atoms with Crippen LogP contribution in [0.1, 0.15) is 6.42 Å². The van der Waals surface area contributed by atoms with E-state index in [-0.39, 0.29) is 0 Å². The Morgan fingerprint density at radius 3 is 2.67 bits per heavy atom. The maximum Gasteiger partial charge on any atom is 0.0324 e. The summed E-state index contributed by atoms with van der Waals surface area (Å²) in [4.78, 5) is 0. The Hall–Kier alpha value is 0.940. The van der Waals surface area contributed by atoms with Gasteiger partial charge in [0.05, 0.1) is 0 Å². The van der Waals surface area contributed by atoms with Crippen molar-refractivity contribution in [3.05, 3.63) is 24.8 Å². The lowest BCUT2D eigenvalue weighted by molar-refractivity contribution is 1.11. The summed E-state index contributed by atoms with van der Waals surface area (Å²) >= 11 is 4.74. The standard InChI is InChI=1S/C7H10I2/c1-2-4-7(9)5-3-6-8/h2-3,5,7H,1,4,6H2/b5-3-/t7-/m0/s1. The van der Waals surface area contributed by atoms with Gasteiger partial charge >= 0.3 is 0 Å². The second kappa shape index (κ2) is 7.05. The molecule has 0 unspecified atom stereocenters. The SMILES string of the molecule is C=CC[C@H](I)/C=C\CI. The minimum absolute atomic E-state index is 0.634. The van der Waals surface area contributed by atoms with E-state index in [1.165, 1.54) is 0 Å². The number of alkyl halides is 2. The maximum absolute atomic E-state index is 3.67. The number of hydrogen-bond donors (Lipinski definition) is 0. The molecule has 0 aromatic rings. The Labute approximate surface area is 84.1 Å². The van der Waals surface area contributed by atoms with Gasteiger partial charge in [-0.05, 0) is 6.42 Å². The van der Waals surface area contributed by atoms with Gasteiger partial charge in [0.1, 0.15) is 0 Å². The molecule has 0 fully saturated rings. The lowest BCUT2D eigenvalue weighted by Crippen LogP contribution is -1.87. The van der Waals surface area contributed by atoms with Crippen molar-refractivity contribution < 1.29 is 0 Å². The van der Waals surface area contributed by atoms with Crippen LogP contribution in [0.2, 0.25) is 0 Å². The van der Waals surface area contributed by atoms with Crippen LogP contribution in [0.25, 0.3) is 0 Å². The molecule has 0 bridgehead atoms. The van der Waals surface area contributed by atoms with Crippen molar-refractivity contribution in [3.8, 4) is 0 Å². The van der Waals surface area contributed by atoms with E-state index in [1.54, 1.807) is 0 Å². The van der Waals surface area contributed by atoms with Gasteiger partial charge in [-0.15, -0.1) is 6.58 Å². The zero-order chi connectivity index (χ0) is 7.11. The molecule has 0 N–H and O–H groups in total. The molecule has 0 aromatic carbocycles. The summed E-state index contributed by atoms with van der Waals surface area (Å²) in [6, 6.07) is 0. The topological polar surface area (TPSA) is 0 Å². The highest BCUT2D eigenvalue weighted by atomic mass is 127. The van der Waals surface area contributed by atoms with Gasteiger partial charge in [-0.25, -0.2) is 0 Å². The fourth-order valence-electron chi connectivity index (χ4n) is 0.437. The molecule has 0 amide bonds. The summed E-state index contributed by atoms with van der Waals surface area (Å²) in [5.41, 5.74) is 0. The number of rotatable bonds is 4. The molecule has 0 nitrogen and oxygen atoms in total. The Kier molecular flexibility index (Phi) is 7.79. The summed E-state index contributed by atoms with van der Waals surface area (Å²) in [5.74, 6) is 0. The summed E-state index contributed by atoms with van der Waals surface area (Å²) < 4.78 is 1.74. The highest BCUT2D eigenvalue weighted by molar-refractivity contribution is 14.1. The Morgan fingerprint density at radius 1 is 1.56 bits per heavy atom. The van der Waals surface area contributed by atoms with E-state index < -0.39 is 0 Å². The summed E-state index contributed by atoms with van der Waals surface area (Å²) in [6.07, 6.45) is 7.43. The Bertz CT molecular complexity index is 97.1. The fourth-order valence-corrected chi connectivity index (χ4v) is 1.38. The van der Waals surface area contributed by atoms with Crippen molar-refractivity contribution in [3.63, 3.8) is 0 Å². The van der Waals surface area contributed by atoms with Crippen molar-refractivity contribution in [1.82, 2.24) is 0 Å². The van der Waals surface area contributed by atoms with E-state index in [9.17, 15) is 0 Å². The van der Waals surface area contributed by atoms with Crippen molar-refractivity contribution in [2.45, 2.75) is 10.3 Å². The Balaban J connectivity index is 3.35. The van der Waals surface area contributed by atoms with Crippen LogP contribution in [0.5, 0.6) is 0 Å². The van der Waals surface area contributed by atoms with Crippen LogP contribution in [0.3, 0.4) is 0 Å². The smallest absolute Gasteiger partial charge is 0.0324 e. The van der Waals surface area contributed by atoms with Gasteiger partial charge in [0.15, 0.2) is 0 Å². The van der Waals surface area contributed by atoms with Gasteiger partial charge < -0.3 is 0 Å². The summed E-state index contributed by atoms with van der Waals surface area (Å²) in [6.45, 7) is 3.67. The first-order chi connectivity index (χ1) is 4.31. The van der Waals surface area contributed by atoms with Gasteiger partial charge in [0.25, 0.3) is 0 Å². The first-order valence-electron chi connectivity index (χ1n) is 2.79. The Morgan fingerprint density at radius 2 is 2.22 bits per heavy atom. The second-order valence-electron chi connectivity index (χ2n) is 1.62. The molecule has 0 aromatic heterocycles. The summed E-state index contributed by atoms with van der Waals surface area (Å²) in [5, 5.41) is 0. The molecule has 0 aliphatic carbocycles. The number of halogens is 2. The minimum Gasteiger partial charge on any atom is -0.103 e. The third kappa shape index (κ3) is 6.83. The lowest BCUT2D eigenvalue weighted by Gasteiger charge is -1.95. The van der Waals surface area contributed by atoms with Gasteiger partial charge in [0, 0.05) is 8.35 Å². The van der Waals surface area contributed by atoms with E-state index >= 15 is 0 Å². The first kappa shape index (κ1) is 9.94. The summed E-state index contributed by atoms with van der Waals surface area (Å²) in [7, 11) is 0. The van der Waals surface area contributed by atoms with Crippen LogP contribution in [0, 0.1) is 0 Å². The van der Waals surface area contributed by atoms with Gasteiger partial charge in [-0.1, -0.05) is 63.4 Å². The average molecular weight is 348 g/mol. The molecule has 0 aliphatic rings. The van der Waals surface area contributed by atoms with E-state index in [0.29, 0.717) is 3.92 Å². The normalized spacial score (nSPS) is 14.0. The molecule has 0 saturated heterocycles. The monoisotopic (exact) mass is 348 g/mol. The number of hydrogen-bond acceptors (Lipinski definition) is 0. The maximum atomic E-state index is 3.67. The van der Waals surface area contributed by atoms with Crippen LogP contribution < -0.4 is 0 Å². The molecule has 52 valence electrons. The molecular weight excluding hydrogens is 338 g/mol. The molecule has 0 heterocycles. The van der Waals surface area contributed by atoms with Crippen LogP contribution in [0.4, 0.5) is 0 Å². The van der Waals surface area contributed by atoms with Crippen LogP contribution in [-0.4, -0.2) is 8.35 Å². The third-order valence-electron chi connectivity index (χ3n) is 0.826. The highest BCUT2D eigenvalue weighted by Crippen LogP contribution is 2.07. The van der Waals surface area contributed by atoms with Gasteiger partial charge in [0.2, 0.25) is 0 Å². The average Bonchev–Trinajstić information content (AvgIpc) is 1.85. The minimum atomic E-state index is 0.634. The molecule has 0 rings (SSSR count). The zero-order valence-electron chi connectivity index (χ0n) is 5.19. The van der Waals surface area contributed by atoms with Crippen molar-refractivity contribution in [1.29, 1.82) is 0 Å². The van der Waals surface area contributed by atoms with Gasteiger partial charge in [-0.2, -0.15) is 0 Å². The molecule has 1 atom stereocenters. The molecule has 0 radical (unpaired) electrons. The molecule has 0 spiro atoms. The molecule has 2 heteroatoms. The molecule has 0 saturated carbocycles. The molecule has 0 aliphatic heterocycles. The predicted molar refractivity (Wildman–Crippen MR) is 60.6 cm³/mol. The number of allylic oxidation sites excluding steroid dienone is 3. The first-order valence-corrected chi connectivity index (χ1v) is 5.56. The van der Waals surface area contributed by atoms with E-state index in [0.717, 1.165) is 10.8 Å². The lowest BCUT2D eigenvalue weighted by atomic mass is 10.3. The van der Waals surface area contributed by atoms with Crippen LogP contribution >= 0.6 is 45.2 Å². The van der Waals surface area contributed by atoms with Crippen LogP contribution in [0.15, 0.2) is 24.8 Å². The molecule has 9 heavy (non-hydrogen) atoms. The van der Waals surface area contributed by atoms with E-state index in [4.69, 9.17) is 0 Å². The van der Waals surface area contributed by atoms with Crippen molar-refractivity contribution >= 4 is 45.2 Å². The zero-order valence-corrected chi connectivity index (χ0v) is 9.50. The highest BCUT2D eigenvalue weighted by Gasteiger charge is 1.91. The predicted octanol–water partition coefficient (Wildman–Crippen LogP) is 3.36. The quantitative estimate of drug-likeness (QED) is 0.415. The van der Waals surface area contributed by atoms with Crippen molar-refractivity contribution in [2.75, 3.05) is 4.43 Å². The van der Waals surface area contributed by atoms with Crippen molar-refractivity contribution in [2.24, 2.45) is 0 Å². The van der Waals surface area contributed by atoms with Gasteiger partial charge in [-0.3, -0.25) is 0 Å². The largest absolute Gasteiger partial charge is 0.103 e. The van der Waals surface area contributed by atoms with Crippen LogP contribution in [-0.2, 0) is 0 Å². The second-order valence-corrected chi connectivity index (χ2v) is 4.10. The third-order valence-corrected chi connectivity index (χ3v) is 2.26. The van der Waals surface area contributed by atoms with E-state index in [1.807, 2.05) is 6.08 Å².